The average Bonchev–Trinajstić information content (AvgIpc) is 2.95. The summed E-state index contributed by atoms with van der Waals surface area (Å²) in [5, 5.41) is 0. The van der Waals surface area contributed by atoms with Crippen molar-refractivity contribution in [2.75, 3.05) is 11.4 Å². The second-order valence-corrected chi connectivity index (χ2v) is 6.26. The van der Waals surface area contributed by atoms with Crippen molar-refractivity contribution in [3.63, 3.8) is 0 Å². The normalized spacial score (nSPS) is 21.1. The summed E-state index contributed by atoms with van der Waals surface area (Å²) >= 11 is 3.47. The van der Waals surface area contributed by atoms with Crippen molar-refractivity contribution in [3.8, 4) is 0 Å². The lowest BCUT2D eigenvalue weighted by atomic mass is 9.97. The van der Waals surface area contributed by atoms with E-state index in [-0.39, 0.29) is 5.91 Å². The van der Waals surface area contributed by atoms with E-state index in [9.17, 15) is 4.79 Å². The van der Waals surface area contributed by atoms with Crippen LogP contribution in [0, 0.1) is 0 Å². The molecule has 3 rings (SSSR count). The largest absolute Gasteiger partial charge is 0.317 e. The van der Waals surface area contributed by atoms with Crippen molar-refractivity contribution < 1.29 is 4.79 Å². The van der Waals surface area contributed by atoms with Gasteiger partial charge in [-0.2, -0.15) is 0 Å². The van der Waals surface area contributed by atoms with E-state index in [4.69, 9.17) is 5.73 Å². The molecule has 2 N–H and O–H groups in total. The van der Waals surface area contributed by atoms with Crippen LogP contribution in [0.4, 0.5) is 5.69 Å². The maximum absolute atomic E-state index is 12.6. The van der Waals surface area contributed by atoms with Crippen molar-refractivity contribution in [2.24, 2.45) is 5.73 Å². The number of nitrogens with zero attached hydrogens (tertiary/aromatic N) is 1. The molecule has 0 aromatic heterocycles. The molecular weight excluding hydrogens is 292 g/mol. The predicted molar refractivity (Wildman–Crippen MR) is 75.6 cm³/mol. The van der Waals surface area contributed by atoms with Gasteiger partial charge in [-0.1, -0.05) is 34.8 Å². The number of rotatable bonds is 1. The summed E-state index contributed by atoms with van der Waals surface area (Å²) in [5.74, 6) is 0.108. The minimum atomic E-state index is -0.621. The zero-order valence-electron chi connectivity index (χ0n) is 10.3. The fraction of sp³-hybridized carbons (Fsp3) is 0.500. The quantitative estimate of drug-likeness (QED) is 0.867. The molecule has 1 aliphatic heterocycles. The molecule has 0 spiro atoms. The average molecular weight is 309 g/mol. The van der Waals surface area contributed by atoms with Gasteiger partial charge in [0, 0.05) is 16.7 Å². The minimum absolute atomic E-state index is 0.108. The van der Waals surface area contributed by atoms with Crippen LogP contribution in [-0.2, 0) is 11.2 Å². The third-order valence-electron chi connectivity index (χ3n) is 4.11. The Morgan fingerprint density at radius 3 is 2.78 bits per heavy atom. The lowest BCUT2D eigenvalue weighted by Gasteiger charge is -2.29. The molecule has 0 unspecified atom stereocenters. The topological polar surface area (TPSA) is 46.3 Å². The number of nitrogens with two attached hydrogens (primary N) is 1. The number of hydrogen-bond donors (Lipinski definition) is 1. The third kappa shape index (κ3) is 1.88. The van der Waals surface area contributed by atoms with Crippen LogP contribution in [0.15, 0.2) is 22.7 Å². The Morgan fingerprint density at radius 2 is 2.06 bits per heavy atom. The van der Waals surface area contributed by atoms with Gasteiger partial charge < -0.3 is 10.6 Å². The van der Waals surface area contributed by atoms with Crippen LogP contribution in [-0.4, -0.2) is 18.0 Å². The predicted octanol–water partition coefficient (Wildman–Crippen LogP) is 2.61. The van der Waals surface area contributed by atoms with E-state index >= 15 is 0 Å². The highest BCUT2D eigenvalue weighted by atomic mass is 79.9. The van der Waals surface area contributed by atoms with Crippen molar-refractivity contribution in [3.05, 3.63) is 28.2 Å². The Morgan fingerprint density at radius 1 is 1.33 bits per heavy atom. The molecule has 1 aromatic carbocycles. The molecule has 4 heteroatoms. The third-order valence-corrected chi connectivity index (χ3v) is 4.60. The van der Waals surface area contributed by atoms with Gasteiger partial charge in [-0.15, -0.1) is 0 Å². The summed E-state index contributed by atoms with van der Waals surface area (Å²) in [6.07, 6.45) is 4.73. The maximum atomic E-state index is 12.6. The molecule has 1 aromatic rings. The van der Waals surface area contributed by atoms with Gasteiger partial charge in [0.05, 0.1) is 5.54 Å². The second-order valence-electron chi connectivity index (χ2n) is 5.34. The minimum Gasteiger partial charge on any atom is -0.317 e. The van der Waals surface area contributed by atoms with Crippen molar-refractivity contribution in [2.45, 2.75) is 37.6 Å². The van der Waals surface area contributed by atoms with Crippen LogP contribution in [0.1, 0.15) is 31.2 Å². The van der Waals surface area contributed by atoms with Crippen LogP contribution in [0.25, 0.3) is 0 Å². The summed E-state index contributed by atoms with van der Waals surface area (Å²) in [7, 11) is 0. The summed E-state index contributed by atoms with van der Waals surface area (Å²) in [6.45, 7) is 0.767. The van der Waals surface area contributed by atoms with Gasteiger partial charge >= 0.3 is 0 Å². The molecule has 1 fully saturated rings. The number of amides is 1. The fourth-order valence-corrected chi connectivity index (χ4v) is 3.40. The van der Waals surface area contributed by atoms with Crippen molar-refractivity contribution in [1.29, 1.82) is 0 Å². The molecule has 2 aliphatic rings. The fourth-order valence-electron chi connectivity index (χ4n) is 3.05. The molecule has 1 aliphatic carbocycles. The summed E-state index contributed by atoms with van der Waals surface area (Å²) in [5.41, 5.74) is 7.93. The number of carbonyl (C=O) groups excluding carboxylic acids is 1. The van der Waals surface area contributed by atoms with Crippen molar-refractivity contribution >= 4 is 27.5 Å². The molecule has 3 nitrogen and oxygen atoms in total. The first-order chi connectivity index (χ1) is 8.60. The zero-order valence-corrected chi connectivity index (χ0v) is 11.9. The Bertz CT molecular complexity index is 495. The SMILES string of the molecule is NC1(C(=O)N2CCc3ccc(Br)cc32)CCCC1. The molecule has 0 saturated heterocycles. The van der Waals surface area contributed by atoms with Crippen LogP contribution in [0.3, 0.4) is 0 Å². The van der Waals surface area contributed by atoms with Gasteiger partial charge in [-0.25, -0.2) is 0 Å². The number of fused-ring (bicyclic) bond motifs is 1. The molecule has 1 heterocycles. The summed E-state index contributed by atoms with van der Waals surface area (Å²) in [4.78, 5) is 14.5. The van der Waals surface area contributed by atoms with Crippen LogP contribution in [0.5, 0.6) is 0 Å². The lowest BCUT2D eigenvalue weighted by Crippen LogP contribution is -2.53. The molecule has 18 heavy (non-hydrogen) atoms. The van der Waals surface area contributed by atoms with Crippen LogP contribution < -0.4 is 10.6 Å². The molecular formula is C14H17BrN2O. The van der Waals surface area contributed by atoms with Gasteiger partial charge in [0.1, 0.15) is 0 Å². The molecule has 0 bridgehead atoms. The van der Waals surface area contributed by atoms with E-state index in [0.29, 0.717) is 0 Å². The molecule has 0 atom stereocenters. The molecule has 1 saturated carbocycles. The van der Waals surface area contributed by atoms with Gasteiger partial charge in [-0.3, -0.25) is 4.79 Å². The Kier molecular flexibility index (Phi) is 2.94. The highest BCUT2D eigenvalue weighted by molar-refractivity contribution is 9.10. The van der Waals surface area contributed by atoms with E-state index < -0.39 is 5.54 Å². The first kappa shape index (κ1) is 12.2. The van der Waals surface area contributed by atoms with E-state index in [0.717, 1.165) is 48.8 Å². The molecule has 1 amide bonds. The van der Waals surface area contributed by atoms with Gasteiger partial charge in [-0.05, 0) is 37.0 Å². The Labute approximate surface area is 115 Å². The summed E-state index contributed by atoms with van der Waals surface area (Å²) < 4.78 is 1.01. The molecule has 0 radical (unpaired) electrons. The number of anilines is 1. The van der Waals surface area contributed by atoms with E-state index in [1.165, 1.54) is 5.56 Å². The standard InChI is InChI=1S/C14H17BrN2O/c15-11-4-3-10-5-8-17(12(10)9-11)13(18)14(16)6-1-2-7-14/h3-4,9H,1-2,5-8,16H2. The number of halogens is 1. The van der Waals surface area contributed by atoms with Gasteiger partial charge in [0.15, 0.2) is 0 Å². The van der Waals surface area contributed by atoms with Crippen LogP contribution in [0.2, 0.25) is 0 Å². The maximum Gasteiger partial charge on any atom is 0.247 e. The monoisotopic (exact) mass is 308 g/mol. The van der Waals surface area contributed by atoms with E-state index in [1.54, 1.807) is 0 Å². The van der Waals surface area contributed by atoms with Crippen molar-refractivity contribution in [1.82, 2.24) is 0 Å². The summed E-state index contributed by atoms with van der Waals surface area (Å²) in [6, 6.07) is 6.14. The smallest absolute Gasteiger partial charge is 0.247 e. The van der Waals surface area contributed by atoms with Gasteiger partial charge in [0.25, 0.3) is 0 Å². The molecule has 96 valence electrons. The van der Waals surface area contributed by atoms with E-state index in [2.05, 4.69) is 22.0 Å². The Balaban J connectivity index is 1.92. The number of hydrogen-bond acceptors (Lipinski definition) is 2. The Hall–Kier alpha value is -0.870. The van der Waals surface area contributed by atoms with Gasteiger partial charge in [0.2, 0.25) is 5.91 Å². The number of benzene rings is 1. The highest BCUT2D eigenvalue weighted by Crippen LogP contribution is 2.36. The highest BCUT2D eigenvalue weighted by Gasteiger charge is 2.41. The van der Waals surface area contributed by atoms with E-state index in [1.807, 2.05) is 17.0 Å². The first-order valence-corrected chi connectivity index (χ1v) is 7.29. The number of carbonyl (C=O) groups is 1. The van der Waals surface area contributed by atoms with Crippen LogP contribution >= 0.6 is 15.9 Å². The second kappa shape index (κ2) is 4.35. The zero-order chi connectivity index (χ0) is 12.8. The first-order valence-electron chi connectivity index (χ1n) is 6.49. The lowest BCUT2D eigenvalue weighted by molar-refractivity contribution is -0.123.